The van der Waals surface area contributed by atoms with Crippen molar-refractivity contribution < 1.29 is 4.74 Å². The number of rotatable bonds is 6. The standard InChI is InChI=1S/C15H20N2OS2/c1-4-18-14-6-5-12(11(3)16)7-13(14)9-20-15-17-10(2)8-19-15/h5-8,11H,4,9,16H2,1-3H3. The van der Waals surface area contributed by atoms with Crippen LogP contribution in [0.4, 0.5) is 0 Å². The first-order chi connectivity index (χ1) is 9.60. The molecule has 0 saturated carbocycles. The predicted molar refractivity (Wildman–Crippen MR) is 86.6 cm³/mol. The molecule has 108 valence electrons. The topological polar surface area (TPSA) is 48.1 Å². The minimum absolute atomic E-state index is 0.0385. The van der Waals surface area contributed by atoms with E-state index in [0.29, 0.717) is 6.61 Å². The van der Waals surface area contributed by atoms with Crippen LogP contribution < -0.4 is 10.5 Å². The van der Waals surface area contributed by atoms with Crippen molar-refractivity contribution in [1.82, 2.24) is 4.98 Å². The minimum atomic E-state index is 0.0385. The maximum atomic E-state index is 5.96. The van der Waals surface area contributed by atoms with Crippen molar-refractivity contribution in [3.05, 3.63) is 40.4 Å². The molecule has 0 saturated heterocycles. The zero-order valence-electron chi connectivity index (χ0n) is 12.1. The van der Waals surface area contributed by atoms with Crippen LogP contribution in [0.2, 0.25) is 0 Å². The van der Waals surface area contributed by atoms with E-state index in [1.54, 1.807) is 23.1 Å². The Balaban J connectivity index is 2.16. The smallest absolute Gasteiger partial charge is 0.150 e. The van der Waals surface area contributed by atoms with Crippen LogP contribution in [-0.2, 0) is 5.75 Å². The third-order valence-electron chi connectivity index (χ3n) is 2.86. The summed E-state index contributed by atoms with van der Waals surface area (Å²) in [6.45, 7) is 6.69. The molecule has 2 aromatic rings. The molecule has 20 heavy (non-hydrogen) atoms. The molecule has 0 spiro atoms. The van der Waals surface area contributed by atoms with E-state index in [4.69, 9.17) is 10.5 Å². The molecule has 1 unspecified atom stereocenters. The van der Waals surface area contributed by atoms with Gasteiger partial charge in [0.1, 0.15) is 10.1 Å². The SMILES string of the molecule is CCOc1ccc(C(C)N)cc1CSc1nc(C)cs1. The maximum absolute atomic E-state index is 5.96. The van der Waals surface area contributed by atoms with E-state index < -0.39 is 0 Å². The van der Waals surface area contributed by atoms with Crippen LogP contribution in [0.15, 0.2) is 27.9 Å². The van der Waals surface area contributed by atoms with Crippen molar-refractivity contribution in [2.45, 2.75) is 36.9 Å². The number of thiazole rings is 1. The minimum Gasteiger partial charge on any atom is -0.494 e. The zero-order valence-corrected chi connectivity index (χ0v) is 13.7. The lowest BCUT2D eigenvalue weighted by Crippen LogP contribution is -2.06. The monoisotopic (exact) mass is 308 g/mol. The second-order valence-electron chi connectivity index (χ2n) is 4.63. The Morgan fingerprint density at radius 3 is 2.85 bits per heavy atom. The Kier molecular flexibility index (Phi) is 5.46. The van der Waals surface area contributed by atoms with Gasteiger partial charge in [0.05, 0.1) is 6.61 Å². The molecule has 0 radical (unpaired) electrons. The first-order valence-corrected chi connectivity index (χ1v) is 8.52. The number of nitrogens with zero attached hydrogens (tertiary/aromatic N) is 1. The highest BCUT2D eigenvalue weighted by molar-refractivity contribution is 8.00. The van der Waals surface area contributed by atoms with E-state index in [0.717, 1.165) is 27.1 Å². The number of benzene rings is 1. The number of hydrogen-bond acceptors (Lipinski definition) is 5. The second kappa shape index (κ2) is 7.11. The number of nitrogens with two attached hydrogens (primary N) is 1. The second-order valence-corrected chi connectivity index (χ2v) is 6.71. The lowest BCUT2D eigenvalue weighted by Gasteiger charge is -2.13. The van der Waals surface area contributed by atoms with Crippen LogP contribution in [-0.4, -0.2) is 11.6 Å². The molecule has 0 amide bonds. The van der Waals surface area contributed by atoms with Crippen molar-refractivity contribution in [3.63, 3.8) is 0 Å². The summed E-state index contributed by atoms with van der Waals surface area (Å²) in [5.41, 5.74) is 9.35. The molecular formula is C15H20N2OS2. The average Bonchev–Trinajstić information content (AvgIpc) is 2.83. The first-order valence-electron chi connectivity index (χ1n) is 6.66. The highest BCUT2D eigenvalue weighted by Crippen LogP contribution is 2.31. The first kappa shape index (κ1) is 15.4. The normalized spacial score (nSPS) is 12.4. The van der Waals surface area contributed by atoms with Gasteiger partial charge in [0, 0.05) is 28.4 Å². The average molecular weight is 308 g/mol. The lowest BCUT2D eigenvalue weighted by atomic mass is 10.1. The predicted octanol–water partition coefficient (Wildman–Crippen LogP) is 4.16. The molecule has 1 atom stereocenters. The summed E-state index contributed by atoms with van der Waals surface area (Å²) in [5.74, 6) is 1.79. The van der Waals surface area contributed by atoms with Gasteiger partial charge in [-0.1, -0.05) is 17.8 Å². The van der Waals surface area contributed by atoms with Crippen LogP contribution in [0.5, 0.6) is 5.75 Å². The molecule has 0 bridgehead atoms. The molecule has 1 aromatic heterocycles. The number of ether oxygens (including phenoxy) is 1. The zero-order chi connectivity index (χ0) is 14.5. The number of aromatic nitrogens is 1. The van der Waals surface area contributed by atoms with Crippen LogP contribution in [0.3, 0.4) is 0 Å². The van der Waals surface area contributed by atoms with Gasteiger partial charge in [0.2, 0.25) is 0 Å². The number of hydrogen-bond donors (Lipinski definition) is 1. The quantitative estimate of drug-likeness (QED) is 0.814. The third kappa shape index (κ3) is 3.98. The van der Waals surface area contributed by atoms with Crippen molar-refractivity contribution >= 4 is 23.1 Å². The van der Waals surface area contributed by atoms with E-state index >= 15 is 0 Å². The summed E-state index contributed by atoms with van der Waals surface area (Å²) in [6.07, 6.45) is 0. The molecular weight excluding hydrogens is 288 g/mol. The number of aryl methyl sites for hydroxylation is 1. The van der Waals surface area contributed by atoms with Gasteiger partial charge in [-0.15, -0.1) is 11.3 Å². The van der Waals surface area contributed by atoms with Gasteiger partial charge in [-0.05, 0) is 38.5 Å². The molecule has 2 rings (SSSR count). The molecule has 0 fully saturated rings. The molecule has 0 aliphatic heterocycles. The summed E-state index contributed by atoms with van der Waals surface area (Å²) in [6, 6.07) is 6.24. The summed E-state index contributed by atoms with van der Waals surface area (Å²) in [5, 5.41) is 2.07. The fourth-order valence-electron chi connectivity index (χ4n) is 1.83. The lowest BCUT2D eigenvalue weighted by molar-refractivity contribution is 0.337. The van der Waals surface area contributed by atoms with Crippen LogP contribution >= 0.6 is 23.1 Å². The van der Waals surface area contributed by atoms with Crippen molar-refractivity contribution in [3.8, 4) is 5.75 Å². The molecule has 5 heteroatoms. The van der Waals surface area contributed by atoms with Crippen LogP contribution in [0.25, 0.3) is 0 Å². The third-order valence-corrected chi connectivity index (χ3v) is 5.05. The molecule has 3 nitrogen and oxygen atoms in total. The van der Waals surface area contributed by atoms with Crippen molar-refractivity contribution in [2.24, 2.45) is 5.73 Å². The Morgan fingerprint density at radius 2 is 2.25 bits per heavy atom. The van der Waals surface area contributed by atoms with E-state index in [2.05, 4.69) is 16.4 Å². The maximum Gasteiger partial charge on any atom is 0.150 e. The van der Waals surface area contributed by atoms with Gasteiger partial charge in [-0.25, -0.2) is 4.98 Å². The highest BCUT2D eigenvalue weighted by atomic mass is 32.2. The van der Waals surface area contributed by atoms with Crippen LogP contribution in [0.1, 0.15) is 36.7 Å². The summed E-state index contributed by atoms with van der Waals surface area (Å²) in [4.78, 5) is 4.47. The Morgan fingerprint density at radius 1 is 1.45 bits per heavy atom. The van der Waals surface area contributed by atoms with Gasteiger partial charge in [0.15, 0.2) is 0 Å². The van der Waals surface area contributed by atoms with Crippen LogP contribution in [0, 0.1) is 6.92 Å². The Labute approximate surface area is 128 Å². The summed E-state index contributed by atoms with van der Waals surface area (Å²) >= 11 is 3.43. The Bertz CT molecular complexity index is 567. The van der Waals surface area contributed by atoms with Gasteiger partial charge < -0.3 is 10.5 Å². The summed E-state index contributed by atoms with van der Waals surface area (Å²) < 4.78 is 6.79. The Hall–Kier alpha value is -1.04. The molecule has 2 N–H and O–H groups in total. The molecule has 1 aromatic carbocycles. The molecule has 0 aliphatic carbocycles. The highest BCUT2D eigenvalue weighted by Gasteiger charge is 2.09. The van der Waals surface area contributed by atoms with E-state index in [1.165, 1.54) is 5.56 Å². The van der Waals surface area contributed by atoms with Crippen molar-refractivity contribution in [2.75, 3.05) is 6.61 Å². The largest absolute Gasteiger partial charge is 0.494 e. The van der Waals surface area contributed by atoms with Crippen molar-refractivity contribution in [1.29, 1.82) is 0 Å². The van der Waals surface area contributed by atoms with Gasteiger partial charge in [-0.3, -0.25) is 0 Å². The number of thioether (sulfide) groups is 1. The van der Waals surface area contributed by atoms with E-state index in [-0.39, 0.29) is 6.04 Å². The van der Waals surface area contributed by atoms with Gasteiger partial charge in [-0.2, -0.15) is 0 Å². The summed E-state index contributed by atoms with van der Waals surface area (Å²) in [7, 11) is 0. The molecule has 0 aliphatic rings. The van der Waals surface area contributed by atoms with E-state index in [9.17, 15) is 0 Å². The van der Waals surface area contributed by atoms with E-state index in [1.807, 2.05) is 32.9 Å². The van der Waals surface area contributed by atoms with Gasteiger partial charge >= 0.3 is 0 Å². The fraction of sp³-hybridized carbons (Fsp3) is 0.400. The fourth-order valence-corrected chi connectivity index (χ4v) is 3.66. The molecule has 1 heterocycles. The van der Waals surface area contributed by atoms with Gasteiger partial charge in [0.25, 0.3) is 0 Å².